The SMILES string of the molecule is O=C(O)CNc1ccc(-c2ccc3nc[nH]c3c2)nn1. The van der Waals surface area contributed by atoms with Crippen LogP contribution in [-0.4, -0.2) is 37.8 Å². The van der Waals surface area contributed by atoms with Gasteiger partial charge in [0, 0.05) is 5.56 Å². The van der Waals surface area contributed by atoms with Crippen LogP contribution in [0.4, 0.5) is 5.82 Å². The van der Waals surface area contributed by atoms with Gasteiger partial charge in [0.15, 0.2) is 0 Å². The molecule has 0 atom stereocenters. The predicted molar refractivity (Wildman–Crippen MR) is 73.2 cm³/mol. The van der Waals surface area contributed by atoms with Gasteiger partial charge in [-0.15, -0.1) is 10.2 Å². The molecule has 0 aliphatic rings. The summed E-state index contributed by atoms with van der Waals surface area (Å²) in [6.07, 6.45) is 1.64. The molecule has 3 aromatic rings. The van der Waals surface area contributed by atoms with Gasteiger partial charge in [-0.25, -0.2) is 4.98 Å². The third kappa shape index (κ3) is 2.41. The summed E-state index contributed by atoms with van der Waals surface area (Å²) in [5.41, 5.74) is 3.44. The Morgan fingerprint density at radius 3 is 2.90 bits per heavy atom. The lowest BCUT2D eigenvalue weighted by molar-refractivity contribution is -0.134. The third-order valence-corrected chi connectivity index (χ3v) is 2.80. The number of nitrogens with one attached hydrogen (secondary N) is 2. The fraction of sp³-hybridized carbons (Fsp3) is 0.0769. The molecule has 7 heteroatoms. The second-order valence-electron chi connectivity index (χ2n) is 4.19. The van der Waals surface area contributed by atoms with E-state index in [1.54, 1.807) is 18.5 Å². The summed E-state index contributed by atoms with van der Waals surface area (Å²) in [6, 6.07) is 9.24. The van der Waals surface area contributed by atoms with Crippen molar-refractivity contribution in [3.63, 3.8) is 0 Å². The molecule has 2 aromatic heterocycles. The maximum Gasteiger partial charge on any atom is 0.322 e. The van der Waals surface area contributed by atoms with E-state index in [9.17, 15) is 4.79 Å². The third-order valence-electron chi connectivity index (χ3n) is 2.80. The van der Waals surface area contributed by atoms with E-state index in [1.807, 2.05) is 18.2 Å². The van der Waals surface area contributed by atoms with Gasteiger partial charge in [-0.1, -0.05) is 6.07 Å². The van der Waals surface area contributed by atoms with Crippen molar-refractivity contribution in [2.24, 2.45) is 0 Å². The zero-order valence-corrected chi connectivity index (χ0v) is 10.4. The van der Waals surface area contributed by atoms with Gasteiger partial charge in [0.25, 0.3) is 0 Å². The van der Waals surface area contributed by atoms with E-state index in [-0.39, 0.29) is 6.54 Å². The minimum absolute atomic E-state index is 0.186. The topological polar surface area (TPSA) is 104 Å². The van der Waals surface area contributed by atoms with Crippen LogP contribution in [0.2, 0.25) is 0 Å². The summed E-state index contributed by atoms with van der Waals surface area (Å²) in [5, 5.41) is 19.2. The Morgan fingerprint density at radius 1 is 1.25 bits per heavy atom. The minimum atomic E-state index is -0.944. The summed E-state index contributed by atoms with van der Waals surface area (Å²) in [7, 11) is 0. The van der Waals surface area contributed by atoms with Crippen LogP contribution in [0.15, 0.2) is 36.7 Å². The average Bonchev–Trinajstić information content (AvgIpc) is 2.93. The fourth-order valence-corrected chi connectivity index (χ4v) is 1.84. The highest BCUT2D eigenvalue weighted by Gasteiger charge is 2.04. The molecule has 0 fully saturated rings. The average molecular weight is 269 g/mol. The van der Waals surface area contributed by atoms with Gasteiger partial charge >= 0.3 is 5.97 Å². The van der Waals surface area contributed by atoms with E-state index >= 15 is 0 Å². The number of aliphatic carboxylic acids is 1. The van der Waals surface area contributed by atoms with Crippen LogP contribution in [0, 0.1) is 0 Å². The highest BCUT2D eigenvalue weighted by Crippen LogP contribution is 2.21. The number of hydrogen-bond donors (Lipinski definition) is 3. The zero-order valence-electron chi connectivity index (χ0n) is 10.4. The van der Waals surface area contributed by atoms with Gasteiger partial charge < -0.3 is 15.4 Å². The number of carboxylic acids is 1. The molecule has 0 unspecified atom stereocenters. The van der Waals surface area contributed by atoms with Gasteiger partial charge in [-0.05, 0) is 24.3 Å². The number of aromatic nitrogens is 4. The summed E-state index contributed by atoms with van der Waals surface area (Å²) in [5.74, 6) is -0.514. The number of anilines is 1. The largest absolute Gasteiger partial charge is 0.480 e. The molecular weight excluding hydrogens is 258 g/mol. The summed E-state index contributed by atoms with van der Waals surface area (Å²) >= 11 is 0. The molecule has 20 heavy (non-hydrogen) atoms. The Hall–Kier alpha value is -2.96. The predicted octanol–water partition coefficient (Wildman–Crippen LogP) is 1.52. The number of rotatable bonds is 4. The normalized spacial score (nSPS) is 10.6. The molecule has 0 aliphatic carbocycles. The van der Waals surface area contributed by atoms with Crippen molar-refractivity contribution in [3.05, 3.63) is 36.7 Å². The van der Waals surface area contributed by atoms with Crippen molar-refractivity contribution in [1.82, 2.24) is 20.2 Å². The second-order valence-corrected chi connectivity index (χ2v) is 4.19. The Morgan fingerprint density at radius 2 is 2.15 bits per heavy atom. The van der Waals surface area contributed by atoms with Crippen LogP contribution >= 0.6 is 0 Å². The van der Waals surface area contributed by atoms with E-state index < -0.39 is 5.97 Å². The van der Waals surface area contributed by atoms with Crippen LogP contribution in [0.3, 0.4) is 0 Å². The molecule has 0 radical (unpaired) electrons. The maximum absolute atomic E-state index is 10.4. The van der Waals surface area contributed by atoms with Crippen LogP contribution in [0.1, 0.15) is 0 Å². The summed E-state index contributed by atoms with van der Waals surface area (Å²) in [6.45, 7) is -0.186. The van der Waals surface area contributed by atoms with Gasteiger partial charge in [0.2, 0.25) is 0 Å². The van der Waals surface area contributed by atoms with Crippen LogP contribution in [0.25, 0.3) is 22.3 Å². The highest BCUT2D eigenvalue weighted by molar-refractivity contribution is 5.80. The van der Waals surface area contributed by atoms with E-state index in [1.165, 1.54) is 0 Å². The number of hydrogen-bond acceptors (Lipinski definition) is 5. The number of benzene rings is 1. The van der Waals surface area contributed by atoms with E-state index in [4.69, 9.17) is 5.11 Å². The van der Waals surface area contributed by atoms with Crippen molar-refractivity contribution in [2.75, 3.05) is 11.9 Å². The Balaban J connectivity index is 1.84. The number of imidazole rings is 1. The van der Waals surface area contributed by atoms with Crippen LogP contribution in [0.5, 0.6) is 0 Å². The van der Waals surface area contributed by atoms with E-state index in [2.05, 4.69) is 25.5 Å². The molecule has 0 saturated carbocycles. The fourth-order valence-electron chi connectivity index (χ4n) is 1.84. The first-order valence-corrected chi connectivity index (χ1v) is 5.95. The zero-order chi connectivity index (χ0) is 13.9. The molecule has 3 rings (SSSR count). The van der Waals surface area contributed by atoms with E-state index in [0.717, 1.165) is 16.6 Å². The standard InChI is InChI=1S/C13H11N5O2/c19-13(20)6-14-12-4-3-9(17-18-12)8-1-2-10-11(5-8)16-7-15-10/h1-5,7H,6H2,(H,14,18)(H,15,16)(H,19,20). The second kappa shape index (κ2) is 4.96. The molecule has 2 heterocycles. The van der Waals surface area contributed by atoms with Crippen LogP contribution < -0.4 is 5.32 Å². The highest BCUT2D eigenvalue weighted by atomic mass is 16.4. The number of carboxylic acid groups (broad SMARTS) is 1. The molecule has 0 bridgehead atoms. The summed E-state index contributed by atoms with van der Waals surface area (Å²) in [4.78, 5) is 17.6. The molecule has 1 aromatic carbocycles. The lowest BCUT2D eigenvalue weighted by atomic mass is 10.1. The van der Waals surface area contributed by atoms with Crippen molar-refractivity contribution in [3.8, 4) is 11.3 Å². The van der Waals surface area contributed by atoms with Crippen LogP contribution in [-0.2, 0) is 4.79 Å². The molecule has 100 valence electrons. The molecule has 0 aliphatic heterocycles. The van der Waals surface area contributed by atoms with Crippen molar-refractivity contribution < 1.29 is 9.90 Å². The number of fused-ring (bicyclic) bond motifs is 1. The van der Waals surface area contributed by atoms with Crippen molar-refractivity contribution >= 4 is 22.8 Å². The minimum Gasteiger partial charge on any atom is -0.480 e. The monoisotopic (exact) mass is 269 g/mol. The van der Waals surface area contributed by atoms with Crippen molar-refractivity contribution in [1.29, 1.82) is 0 Å². The molecule has 0 saturated heterocycles. The van der Waals surface area contributed by atoms with Gasteiger partial charge in [0.1, 0.15) is 12.4 Å². The smallest absolute Gasteiger partial charge is 0.322 e. The quantitative estimate of drug-likeness (QED) is 0.663. The van der Waals surface area contributed by atoms with Gasteiger partial charge in [-0.2, -0.15) is 0 Å². The lowest BCUT2D eigenvalue weighted by Crippen LogP contribution is -2.13. The lowest BCUT2D eigenvalue weighted by Gasteiger charge is -2.03. The summed E-state index contributed by atoms with van der Waals surface area (Å²) < 4.78 is 0. The number of carbonyl (C=O) groups is 1. The Kier molecular flexibility index (Phi) is 3.00. The number of H-pyrrole nitrogens is 1. The molecule has 7 nitrogen and oxygen atoms in total. The Bertz CT molecular complexity index is 751. The number of aromatic amines is 1. The van der Waals surface area contributed by atoms with Gasteiger partial charge in [-0.3, -0.25) is 4.79 Å². The maximum atomic E-state index is 10.4. The van der Waals surface area contributed by atoms with Gasteiger partial charge in [0.05, 0.1) is 23.1 Å². The number of nitrogens with zero attached hydrogens (tertiary/aromatic N) is 3. The first-order valence-electron chi connectivity index (χ1n) is 5.95. The molecule has 0 spiro atoms. The van der Waals surface area contributed by atoms with E-state index in [0.29, 0.717) is 11.5 Å². The molecule has 0 amide bonds. The Labute approximate surface area is 113 Å². The molecular formula is C13H11N5O2. The first-order chi connectivity index (χ1) is 9.72. The molecule has 3 N–H and O–H groups in total. The first kappa shape index (κ1) is 12.1. The van der Waals surface area contributed by atoms with Crippen molar-refractivity contribution in [2.45, 2.75) is 0 Å².